The molecule has 0 aliphatic heterocycles. The summed E-state index contributed by atoms with van der Waals surface area (Å²) in [6.07, 6.45) is -4.66. The SMILES string of the molecule is Cc1cc(F)nc(NC(=O)Nc2ccc(Cl)c(C(F)(F)F)c2)n1. The number of benzene rings is 1. The summed E-state index contributed by atoms with van der Waals surface area (Å²) in [4.78, 5) is 18.8. The van der Waals surface area contributed by atoms with E-state index in [1.54, 1.807) is 0 Å². The van der Waals surface area contributed by atoms with E-state index in [4.69, 9.17) is 11.6 Å². The van der Waals surface area contributed by atoms with Crippen LogP contribution in [0.3, 0.4) is 0 Å². The van der Waals surface area contributed by atoms with Crippen molar-refractivity contribution in [3.05, 3.63) is 46.5 Å². The van der Waals surface area contributed by atoms with E-state index < -0.39 is 28.7 Å². The first-order valence-corrected chi connectivity index (χ1v) is 6.49. The minimum Gasteiger partial charge on any atom is -0.308 e. The molecule has 0 unspecified atom stereocenters. The van der Waals surface area contributed by atoms with Gasteiger partial charge in [-0.25, -0.2) is 9.78 Å². The van der Waals surface area contributed by atoms with Gasteiger partial charge in [-0.1, -0.05) is 11.6 Å². The summed E-state index contributed by atoms with van der Waals surface area (Å²) in [6, 6.07) is 3.00. The standard InChI is InChI=1S/C13H9ClF4N4O/c1-6-4-10(15)21-11(19-6)22-12(23)20-7-2-3-9(14)8(5-7)13(16,17)18/h2-5H,1H3,(H2,19,20,21,22,23). The Kier molecular flexibility index (Phi) is 4.69. The number of amides is 2. The minimum atomic E-state index is -4.66. The van der Waals surface area contributed by atoms with E-state index in [1.165, 1.54) is 13.0 Å². The summed E-state index contributed by atoms with van der Waals surface area (Å²) in [7, 11) is 0. The molecule has 0 radical (unpaired) electrons. The van der Waals surface area contributed by atoms with Crippen LogP contribution in [0.15, 0.2) is 24.3 Å². The number of halogens is 5. The number of hydrogen-bond acceptors (Lipinski definition) is 3. The quantitative estimate of drug-likeness (QED) is 0.630. The summed E-state index contributed by atoms with van der Waals surface area (Å²) in [5.41, 5.74) is -0.958. The van der Waals surface area contributed by atoms with E-state index in [2.05, 4.69) is 20.6 Å². The van der Waals surface area contributed by atoms with Gasteiger partial charge in [-0.2, -0.15) is 22.5 Å². The Morgan fingerprint density at radius 2 is 1.87 bits per heavy atom. The van der Waals surface area contributed by atoms with E-state index in [0.29, 0.717) is 6.07 Å². The molecule has 5 nitrogen and oxygen atoms in total. The molecule has 0 fully saturated rings. The average molecular weight is 349 g/mol. The molecule has 23 heavy (non-hydrogen) atoms. The molecular weight excluding hydrogens is 340 g/mol. The van der Waals surface area contributed by atoms with Crippen LogP contribution in [0.5, 0.6) is 0 Å². The van der Waals surface area contributed by atoms with Crippen LogP contribution in [0.25, 0.3) is 0 Å². The summed E-state index contributed by atoms with van der Waals surface area (Å²) >= 11 is 5.47. The number of nitrogens with zero attached hydrogens (tertiary/aromatic N) is 2. The van der Waals surface area contributed by atoms with Gasteiger partial charge in [0.25, 0.3) is 0 Å². The van der Waals surface area contributed by atoms with Crippen molar-refractivity contribution in [1.82, 2.24) is 9.97 Å². The third-order valence-corrected chi connectivity index (χ3v) is 2.91. The molecule has 0 aliphatic rings. The molecule has 0 saturated carbocycles. The fraction of sp³-hybridized carbons (Fsp3) is 0.154. The highest BCUT2D eigenvalue weighted by molar-refractivity contribution is 6.31. The number of rotatable bonds is 2. The Morgan fingerprint density at radius 1 is 1.17 bits per heavy atom. The number of nitrogens with one attached hydrogen (secondary N) is 2. The zero-order valence-electron chi connectivity index (χ0n) is 11.5. The molecule has 1 aromatic carbocycles. The van der Waals surface area contributed by atoms with Gasteiger partial charge in [-0.3, -0.25) is 5.32 Å². The van der Waals surface area contributed by atoms with Crippen LogP contribution in [0.1, 0.15) is 11.3 Å². The predicted octanol–water partition coefficient (Wildman–Crippen LogP) is 4.24. The highest BCUT2D eigenvalue weighted by Crippen LogP contribution is 2.36. The van der Waals surface area contributed by atoms with Crippen molar-refractivity contribution >= 4 is 29.3 Å². The van der Waals surface area contributed by atoms with Crippen molar-refractivity contribution in [2.24, 2.45) is 0 Å². The van der Waals surface area contributed by atoms with Crippen LogP contribution >= 0.6 is 11.6 Å². The molecule has 2 aromatic rings. The average Bonchev–Trinajstić information content (AvgIpc) is 2.38. The molecule has 1 heterocycles. The fourth-order valence-corrected chi connectivity index (χ4v) is 1.89. The highest BCUT2D eigenvalue weighted by atomic mass is 35.5. The van der Waals surface area contributed by atoms with Crippen LogP contribution in [-0.2, 0) is 6.18 Å². The topological polar surface area (TPSA) is 66.9 Å². The number of hydrogen-bond donors (Lipinski definition) is 2. The van der Waals surface area contributed by atoms with E-state index in [9.17, 15) is 22.4 Å². The normalized spacial score (nSPS) is 11.2. The van der Waals surface area contributed by atoms with Gasteiger partial charge >= 0.3 is 12.2 Å². The first-order chi connectivity index (χ1) is 10.6. The van der Waals surface area contributed by atoms with Crippen LogP contribution in [-0.4, -0.2) is 16.0 Å². The van der Waals surface area contributed by atoms with Crippen LogP contribution < -0.4 is 10.6 Å². The lowest BCUT2D eigenvalue weighted by Crippen LogP contribution is -2.21. The predicted molar refractivity (Wildman–Crippen MR) is 75.8 cm³/mol. The third kappa shape index (κ3) is 4.52. The van der Waals surface area contributed by atoms with Gasteiger partial charge < -0.3 is 5.32 Å². The molecule has 122 valence electrons. The number of carbonyl (C=O) groups excluding carboxylic acids is 1. The lowest BCUT2D eigenvalue weighted by atomic mass is 10.2. The Labute approximate surface area is 132 Å². The molecule has 0 bridgehead atoms. The van der Waals surface area contributed by atoms with E-state index >= 15 is 0 Å². The van der Waals surface area contributed by atoms with Crippen molar-refractivity contribution in [1.29, 1.82) is 0 Å². The number of carbonyl (C=O) groups is 1. The molecular formula is C13H9ClF4N4O. The highest BCUT2D eigenvalue weighted by Gasteiger charge is 2.33. The van der Waals surface area contributed by atoms with E-state index in [-0.39, 0.29) is 17.3 Å². The van der Waals surface area contributed by atoms with Gasteiger partial charge in [0.1, 0.15) is 0 Å². The van der Waals surface area contributed by atoms with Gasteiger partial charge in [0.05, 0.1) is 10.6 Å². The zero-order chi connectivity index (χ0) is 17.2. The summed E-state index contributed by atoms with van der Waals surface area (Å²) < 4.78 is 51.3. The monoisotopic (exact) mass is 348 g/mol. The molecule has 0 aliphatic carbocycles. The summed E-state index contributed by atoms with van der Waals surface area (Å²) in [5.74, 6) is -1.16. The van der Waals surface area contributed by atoms with Gasteiger partial charge in [0.2, 0.25) is 11.9 Å². The van der Waals surface area contributed by atoms with Crippen molar-refractivity contribution in [2.75, 3.05) is 10.6 Å². The van der Waals surface area contributed by atoms with Gasteiger partial charge in [-0.15, -0.1) is 0 Å². The molecule has 2 N–H and O–H groups in total. The summed E-state index contributed by atoms with van der Waals surface area (Å²) in [6.45, 7) is 1.49. The Bertz CT molecular complexity index is 731. The molecule has 1 aromatic heterocycles. The van der Waals surface area contributed by atoms with Gasteiger partial charge in [-0.05, 0) is 25.1 Å². The molecule has 0 saturated heterocycles. The Hall–Kier alpha value is -2.42. The van der Waals surface area contributed by atoms with Gasteiger partial charge in [0, 0.05) is 17.4 Å². The lowest BCUT2D eigenvalue weighted by molar-refractivity contribution is -0.137. The Morgan fingerprint density at radius 3 is 2.48 bits per heavy atom. The fourth-order valence-electron chi connectivity index (χ4n) is 1.67. The van der Waals surface area contributed by atoms with Crippen LogP contribution in [0.4, 0.5) is 34.0 Å². The summed E-state index contributed by atoms with van der Waals surface area (Å²) in [5, 5.41) is 3.78. The van der Waals surface area contributed by atoms with E-state index in [1.807, 2.05) is 0 Å². The molecule has 0 atom stereocenters. The lowest BCUT2D eigenvalue weighted by Gasteiger charge is -2.12. The van der Waals surface area contributed by atoms with Crippen molar-refractivity contribution < 1.29 is 22.4 Å². The smallest absolute Gasteiger partial charge is 0.308 e. The van der Waals surface area contributed by atoms with Crippen LogP contribution in [0.2, 0.25) is 5.02 Å². The maximum Gasteiger partial charge on any atom is 0.417 e. The number of alkyl halides is 3. The second kappa shape index (κ2) is 6.37. The van der Waals surface area contributed by atoms with Gasteiger partial charge in [0.15, 0.2) is 0 Å². The maximum atomic E-state index is 13.1. The van der Waals surface area contributed by atoms with Crippen molar-refractivity contribution in [3.63, 3.8) is 0 Å². The van der Waals surface area contributed by atoms with Crippen LogP contribution in [0, 0.1) is 12.9 Å². The zero-order valence-corrected chi connectivity index (χ0v) is 12.3. The third-order valence-electron chi connectivity index (χ3n) is 2.58. The number of aromatic nitrogens is 2. The van der Waals surface area contributed by atoms with E-state index in [0.717, 1.165) is 12.1 Å². The molecule has 0 spiro atoms. The molecule has 2 rings (SSSR count). The number of aryl methyl sites for hydroxylation is 1. The number of anilines is 2. The number of urea groups is 1. The second-order valence-electron chi connectivity index (χ2n) is 4.43. The minimum absolute atomic E-state index is 0.146. The van der Waals surface area contributed by atoms with Crippen molar-refractivity contribution in [2.45, 2.75) is 13.1 Å². The second-order valence-corrected chi connectivity index (χ2v) is 4.83. The Balaban J connectivity index is 2.14. The van der Waals surface area contributed by atoms with Crippen molar-refractivity contribution in [3.8, 4) is 0 Å². The molecule has 10 heteroatoms. The first kappa shape index (κ1) is 16.9. The molecule has 2 amide bonds. The first-order valence-electron chi connectivity index (χ1n) is 6.11. The largest absolute Gasteiger partial charge is 0.417 e. The maximum absolute atomic E-state index is 13.1.